The maximum absolute atomic E-state index is 12.2. The van der Waals surface area contributed by atoms with Crippen LogP contribution < -0.4 is 15.8 Å². The minimum Gasteiger partial charge on any atom is -0.435 e. The molecule has 26 heavy (non-hydrogen) atoms. The minimum absolute atomic E-state index is 0.0331. The van der Waals surface area contributed by atoms with Crippen molar-refractivity contribution < 1.29 is 22.7 Å². The van der Waals surface area contributed by atoms with Crippen molar-refractivity contribution >= 4 is 22.7 Å². The summed E-state index contributed by atoms with van der Waals surface area (Å²) in [6.45, 7) is -2.60. The lowest BCUT2D eigenvalue weighted by Crippen LogP contribution is -2.17. The summed E-state index contributed by atoms with van der Waals surface area (Å²) in [7, 11) is 0. The summed E-state index contributed by atoms with van der Waals surface area (Å²) in [5, 5.41) is 2.61. The molecule has 0 saturated heterocycles. The lowest BCUT2D eigenvalue weighted by Gasteiger charge is -2.08. The van der Waals surface area contributed by atoms with E-state index in [0.717, 1.165) is 0 Å². The van der Waals surface area contributed by atoms with Gasteiger partial charge in [0, 0.05) is 24.7 Å². The van der Waals surface area contributed by atoms with Crippen molar-refractivity contribution in [2.75, 3.05) is 5.32 Å². The number of benzene rings is 2. The number of carbonyl (C=O) groups excluding carboxylic acids is 1. The number of rotatable bonds is 7. The summed E-state index contributed by atoms with van der Waals surface area (Å²) in [4.78, 5) is 23.9. The number of halogens is 2. The van der Waals surface area contributed by atoms with Gasteiger partial charge in [-0.2, -0.15) is 8.78 Å². The SMILES string of the molecule is O=C(CCCn1c(=O)oc2ccccc21)Nc1cccc(OC(F)F)c1. The van der Waals surface area contributed by atoms with E-state index in [-0.39, 0.29) is 18.1 Å². The molecule has 3 aromatic rings. The van der Waals surface area contributed by atoms with Crippen molar-refractivity contribution in [1.29, 1.82) is 0 Å². The molecule has 8 heteroatoms. The van der Waals surface area contributed by atoms with Gasteiger partial charge in [-0.3, -0.25) is 9.36 Å². The van der Waals surface area contributed by atoms with E-state index in [4.69, 9.17) is 4.42 Å². The molecule has 1 aromatic heterocycles. The van der Waals surface area contributed by atoms with Gasteiger partial charge in [0.1, 0.15) is 5.75 Å². The maximum Gasteiger partial charge on any atom is 0.419 e. The van der Waals surface area contributed by atoms with E-state index >= 15 is 0 Å². The molecule has 3 rings (SSSR count). The quantitative estimate of drug-likeness (QED) is 0.697. The molecular weight excluding hydrogens is 346 g/mol. The third-order valence-corrected chi connectivity index (χ3v) is 3.70. The second-order valence-electron chi connectivity index (χ2n) is 5.55. The minimum atomic E-state index is -2.93. The fraction of sp³-hybridized carbons (Fsp3) is 0.222. The van der Waals surface area contributed by atoms with E-state index < -0.39 is 12.4 Å². The van der Waals surface area contributed by atoms with Crippen LogP contribution in [0.3, 0.4) is 0 Å². The van der Waals surface area contributed by atoms with Gasteiger partial charge in [0.05, 0.1) is 5.52 Å². The zero-order valence-electron chi connectivity index (χ0n) is 13.7. The Labute approximate surface area is 147 Å². The van der Waals surface area contributed by atoms with Crippen molar-refractivity contribution in [2.45, 2.75) is 26.0 Å². The lowest BCUT2D eigenvalue weighted by molar-refractivity contribution is -0.116. The largest absolute Gasteiger partial charge is 0.435 e. The van der Waals surface area contributed by atoms with Gasteiger partial charge in [0.15, 0.2) is 5.58 Å². The Bertz CT molecular complexity index is 965. The Kier molecular flexibility index (Phi) is 5.31. The lowest BCUT2D eigenvalue weighted by atomic mass is 10.2. The van der Waals surface area contributed by atoms with E-state index in [0.29, 0.717) is 29.8 Å². The van der Waals surface area contributed by atoms with Gasteiger partial charge < -0.3 is 14.5 Å². The van der Waals surface area contributed by atoms with Crippen molar-refractivity contribution in [3.8, 4) is 5.75 Å². The molecule has 0 unspecified atom stereocenters. The molecule has 0 aliphatic rings. The van der Waals surface area contributed by atoms with Crippen LogP contribution in [0.1, 0.15) is 12.8 Å². The van der Waals surface area contributed by atoms with Crippen molar-refractivity contribution in [1.82, 2.24) is 4.57 Å². The molecule has 1 heterocycles. The average Bonchev–Trinajstić information content (AvgIpc) is 2.90. The van der Waals surface area contributed by atoms with E-state index in [9.17, 15) is 18.4 Å². The summed E-state index contributed by atoms with van der Waals surface area (Å²) < 4.78 is 35.3. The Morgan fingerprint density at radius 1 is 1.19 bits per heavy atom. The third kappa shape index (κ3) is 4.27. The molecule has 0 saturated carbocycles. The van der Waals surface area contributed by atoms with Gasteiger partial charge in [0.2, 0.25) is 5.91 Å². The molecular formula is C18H16F2N2O4. The molecule has 0 atom stereocenters. The monoisotopic (exact) mass is 362 g/mol. The number of hydrogen-bond donors (Lipinski definition) is 1. The number of aromatic nitrogens is 1. The molecule has 0 bridgehead atoms. The number of fused-ring (bicyclic) bond motifs is 1. The number of aryl methyl sites for hydroxylation is 1. The first-order valence-electron chi connectivity index (χ1n) is 7.96. The number of ether oxygens (including phenoxy) is 1. The summed E-state index contributed by atoms with van der Waals surface area (Å²) in [6.07, 6.45) is 0.578. The number of hydrogen-bond acceptors (Lipinski definition) is 4. The van der Waals surface area contributed by atoms with Gasteiger partial charge in [-0.1, -0.05) is 18.2 Å². The van der Waals surface area contributed by atoms with E-state index in [1.54, 1.807) is 30.3 Å². The molecule has 1 amide bonds. The fourth-order valence-corrected chi connectivity index (χ4v) is 2.60. The Morgan fingerprint density at radius 3 is 2.81 bits per heavy atom. The summed E-state index contributed by atoms with van der Waals surface area (Å²) in [6, 6.07) is 12.8. The number of nitrogens with zero attached hydrogens (tertiary/aromatic N) is 1. The van der Waals surface area contributed by atoms with Crippen molar-refractivity contribution in [3.05, 3.63) is 59.1 Å². The molecule has 0 radical (unpaired) electrons. The first kappa shape index (κ1) is 17.7. The molecule has 0 aliphatic carbocycles. The second-order valence-corrected chi connectivity index (χ2v) is 5.55. The Morgan fingerprint density at radius 2 is 2.00 bits per heavy atom. The van der Waals surface area contributed by atoms with Gasteiger partial charge in [0.25, 0.3) is 0 Å². The molecule has 1 N–H and O–H groups in total. The molecule has 6 nitrogen and oxygen atoms in total. The smallest absolute Gasteiger partial charge is 0.419 e. The maximum atomic E-state index is 12.2. The summed E-state index contributed by atoms with van der Waals surface area (Å²) in [5.41, 5.74) is 1.53. The molecule has 0 spiro atoms. The van der Waals surface area contributed by atoms with Gasteiger partial charge in [-0.15, -0.1) is 0 Å². The van der Waals surface area contributed by atoms with E-state index in [2.05, 4.69) is 10.1 Å². The predicted molar refractivity (Wildman–Crippen MR) is 91.4 cm³/mol. The fourth-order valence-electron chi connectivity index (χ4n) is 2.60. The molecule has 0 fully saturated rings. The van der Waals surface area contributed by atoms with Crippen LogP contribution in [0.25, 0.3) is 11.1 Å². The number of amides is 1. The van der Waals surface area contributed by atoms with Crippen LogP contribution in [0.4, 0.5) is 14.5 Å². The van der Waals surface area contributed by atoms with Crippen molar-refractivity contribution in [3.63, 3.8) is 0 Å². The summed E-state index contributed by atoms with van der Waals surface area (Å²) in [5.74, 6) is -0.794. The zero-order valence-corrected chi connectivity index (χ0v) is 13.7. The average molecular weight is 362 g/mol. The van der Waals surface area contributed by atoms with Gasteiger partial charge >= 0.3 is 12.4 Å². The number of carbonyl (C=O) groups is 1. The highest BCUT2D eigenvalue weighted by atomic mass is 19.3. The number of para-hydroxylation sites is 2. The highest BCUT2D eigenvalue weighted by Crippen LogP contribution is 2.19. The predicted octanol–water partition coefficient (Wildman–Crippen LogP) is 3.61. The number of nitrogens with one attached hydrogen (secondary N) is 1. The molecule has 2 aromatic carbocycles. The number of alkyl halides is 2. The van der Waals surface area contributed by atoms with E-state index in [1.165, 1.54) is 22.8 Å². The highest BCUT2D eigenvalue weighted by Gasteiger charge is 2.10. The van der Waals surface area contributed by atoms with Crippen molar-refractivity contribution in [2.24, 2.45) is 0 Å². The van der Waals surface area contributed by atoms with Crippen LogP contribution in [0.5, 0.6) is 5.75 Å². The molecule has 136 valence electrons. The molecule has 0 aliphatic heterocycles. The highest BCUT2D eigenvalue weighted by molar-refractivity contribution is 5.90. The van der Waals surface area contributed by atoms with Crippen LogP contribution in [-0.2, 0) is 11.3 Å². The van der Waals surface area contributed by atoms with Crippen LogP contribution in [0.2, 0.25) is 0 Å². The van der Waals surface area contributed by atoms with Gasteiger partial charge in [-0.05, 0) is 30.7 Å². The number of anilines is 1. The van der Waals surface area contributed by atoms with Crippen LogP contribution in [0, 0.1) is 0 Å². The topological polar surface area (TPSA) is 73.5 Å². The first-order valence-corrected chi connectivity index (χ1v) is 7.96. The standard InChI is InChI=1S/C18H16F2N2O4/c19-17(20)25-13-6-3-5-12(11-13)21-16(23)9-4-10-22-14-7-1-2-8-15(14)26-18(22)24/h1-3,5-8,11,17H,4,9-10H2,(H,21,23). The first-order chi connectivity index (χ1) is 12.5. The Balaban J connectivity index is 1.56. The van der Waals surface area contributed by atoms with Crippen LogP contribution in [0.15, 0.2) is 57.7 Å². The third-order valence-electron chi connectivity index (χ3n) is 3.70. The van der Waals surface area contributed by atoms with Gasteiger partial charge in [-0.25, -0.2) is 4.79 Å². The normalized spacial score (nSPS) is 11.0. The number of oxazole rings is 1. The van der Waals surface area contributed by atoms with Crippen LogP contribution >= 0.6 is 0 Å². The van der Waals surface area contributed by atoms with E-state index in [1.807, 2.05) is 0 Å². The zero-order chi connectivity index (χ0) is 18.5. The van der Waals surface area contributed by atoms with Crippen LogP contribution in [-0.4, -0.2) is 17.1 Å². The second kappa shape index (κ2) is 7.81. The Hall–Kier alpha value is -3.16. The summed E-state index contributed by atoms with van der Waals surface area (Å²) >= 11 is 0.